The van der Waals surface area contributed by atoms with Crippen LogP contribution >= 0.6 is 0 Å². The van der Waals surface area contributed by atoms with Gasteiger partial charge < -0.3 is 0 Å². The highest BCUT2D eigenvalue weighted by Gasteiger charge is 2.14. The Hall–Kier alpha value is -3.34. The van der Waals surface area contributed by atoms with Gasteiger partial charge in [-0.1, -0.05) is 66.7 Å². The molecule has 0 heterocycles. The van der Waals surface area contributed by atoms with Gasteiger partial charge in [0.15, 0.2) is 11.6 Å². The van der Waals surface area contributed by atoms with E-state index in [-0.39, 0.29) is 18.0 Å². The summed E-state index contributed by atoms with van der Waals surface area (Å²) in [5, 5.41) is 4.41. The minimum Gasteiger partial charge on any atom is -0.294 e. The number of benzene rings is 4. The van der Waals surface area contributed by atoms with Gasteiger partial charge in [-0.3, -0.25) is 18.2 Å². The molecule has 0 saturated heterocycles. The topological polar surface area (TPSA) is 34.1 Å². The van der Waals surface area contributed by atoms with E-state index in [9.17, 15) is 18.2 Å². The van der Waals surface area contributed by atoms with Crippen molar-refractivity contribution >= 4 is 40.9 Å². The Morgan fingerprint density at radius 1 is 0.607 bits per heavy atom. The fourth-order valence-corrected chi connectivity index (χ4v) is 3.09. The van der Waals surface area contributed by atoms with Crippen LogP contribution < -0.4 is 0 Å². The number of carbonyl (C=O) groups is 2. The second-order valence-electron chi connectivity index (χ2n) is 6.23. The van der Waals surface area contributed by atoms with Crippen LogP contribution in [0, 0.1) is 0 Å². The van der Waals surface area contributed by atoms with Crippen LogP contribution in [0.15, 0.2) is 84.9 Å². The molecule has 0 aliphatic rings. The lowest BCUT2D eigenvalue weighted by atomic mass is 9.97. The van der Waals surface area contributed by atoms with Crippen LogP contribution in [-0.2, 0) is 0 Å². The minimum atomic E-state index is -1.00. The maximum absolute atomic E-state index is 12.5. The number of hydrogen-bond acceptors (Lipinski definition) is 2. The normalized spacial score (nSPS) is 10.2. The molecule has 0 N–H and O–H groups in total. The second-order valence-corrected chi connectivity index (χ2v) is 6.23. The third kappa shape index (κ3) is 4.49. The lowest BCUT2D eigenvalue weighted by Crippen LogP contribution is -2.08. The molecule has 0 spiro atoms. The fraction of sp³-hybridized carbons (Fsp3) is 0.0435. The summed E-state index contributed by atoms with van der Waals surface area (Å²) < 4.78 is 19.0. The summed E-state index contributed by atoms with van der Waals surface area (Å²) in [7, 11) is -1.00. The fourth-order valence-electron chi connectivity index (χ4n) is 3.09. The quantitative estimate of drug-likeness (QED) is 0.193. The zero-order valence-electron chi connectivity index (χ0n) is 14.9. The standard InChI is InChI=1S/C23H16O2.BF2/c24-22(16-6-2-1-3-7-16)15-23(25)20-11-10-19-12-17-8-4-5-9-18(17)13-21(19)14-20;2-1-3/h1-14H,15H2;. The van der Waals surface area contributed by atoms with Crippen molar-refractivity contribution in [3.63, 3.8) is 0 Å². The molecule has 4 rings (SSSR count). The van der Waals surface area contributed by atoms with E-state index in [1.807, 2.05) is 30.3 Å². The Morgan fingerprint density at radius 2 is 1.11 bits per heavy atom. The molecule has 2 nitrogen and oxygen atoms in total. The Balaban J connectivity index is 0.000000706. The van der Waals surface area contributed by atoms with Crippen molar-refractivity contribution in [2.75, 3.05) is 0 Å². The van der Waals surface area contributed by atoms with Crippen LogP contribution in [0.1, 0.15) is 27.1 Å². The molecule has 4 aromatic rings. The van der Waals surface area contributed by atoms with E-state index < -0.39 is 7.83 Å². The first-order chi connectivity index (χ1) is 13.6. The molecule has 28 heavy (non-hydrogen) atoms. The Labute approximate surface area is 162 Å². The highest BCUT2D eigenvalue weighted by atomic mass is 19.2. The van der Waals surface area contributed by atoms with Crippen molar-refractivity contribution in [2.45, 2.75) is 6.42 Å². The van der Waals surface area contributed by atoms with Gasteiger partial charge in [0.2, 0.25) is 0 Å². The van der Waals surface area contributed by atoms with Crippen LogP contribution in [0.2, 0.25) is 0 Å². The first kappa shape index (κ1) is 19.4. The predicted octanol–water partition coefficient (Wildman–Crippen LogP) is 5.91. The molecule has 0 bridgehead atoms. The highest BCUT2D eigenvalue weighted by molar-refractivity contribution is 6.15. The van der Waals surface area contributed by atoms with Crippen LogP contribution in [-0.4, -0.2) is 19.4 Å². The first-order valence-corrected chi connectivity index (χ1v) is 8.68. The number of carbonyl (C=O) groups excluding carboxylic acids is 2. The third-order valence-electron chi connectivity index (χ3n) is 4.44. The van der Waals surface area contributed by atoms with Gasteiger partial charge in [-0.25, -0.2) is 0 Å². The van der Waals surface area contributed by atoms with E-state index in [0.29, 0.717) is 11.1 Å². The molecule has 0 amide bonds. The van der Waals surface area contributed by atoms with Crippen LogP contribution in [0.25, 0.3) is 21.5 Å². The molecule has 1 radical (unpaired) electrons. The lowest BCUT2D eigenvalue weighted by molar-refractivity contribution is 0.0894. The smallest absolute Gasteiger partial charge is 0.294 e. The highest BCUT2D eigenvalue weighted by Crippen LogP contribution is 2.24. The van der Waals surface area contributed by atoms with E-state index in [2.05, 4.69) is 24.3 Å². The Bertz CT molecular complexity index is 1130. The number of rotatable bonds is 4. The number of hydrogen-bond donors (Lipinski definition) is 0. The van der Waals surface area contributed by atoms with E-state index in [4.69, 9.17) is 0 Å². The average molecular weight is 373 g/mol. The summed E-state index contributed by atoms with van der Waals surface area (Å²) in [6.07, 6.45) is -0.108. The molecular weight excluding hydrogens is 357 g/mol. The van der Waals surface area contributed by atoms with Crippen molar-refractivity contribution in [1.29, 1.82) is 0 Å². The first-order valence-electron chi connectivity index (χ1n) is 8.68. The van der Waals surface area contributed by atoms with Crippen molar-refractivity contribution < 1.29 is 18.2 Å². The number of fused-ring (bicyclic) bond motifs is 2. The maximum Gasteiger partial charge on any atom is 0.577 e. The Kier molecular flexibility index (Phi) is 6.27. The third-order valence-corrected chi connectivity index (χ3v) is 4.44. The molecule has 0 fully saturated rings. The van der Waals surface area contributed by atoms with Gasteiger partial charge in [-0.05, 0) is 39.7 Å². The zero-order valence-corrected chi connectivity index (χ0v) is 14.9. The largest absolute Gasteiger partial charge is 0.577 e. The van der Waals surface area contributed by atoms with Gasteiger partial charge in [-0.15, -0.1) is 0 Å². The molecule has 0 atom stereocenters. The van der Waals surface area contributed by atoms with Gasteiger partial charge in [0, 0.05) is 11.1 Å². The summed E-state index contributed by atoms with van der Waals surface area (Å²) in [6, 6.07) is 26.9. The van der Waals surface area contributed by atoms with Crippen LogP contribution in [0.3, 0.4) is 0 Å². The molecular formula is C23H16BF2O2. The van der Waals surface area contributed by atoms with Gasteiger partial charge >= 0.3 is 7.83 Å². The molecule has 0 aromatic heterocycles. The maximum atomic E-state index is 12.5. The SMILES string of the molecule is F[B]F.O=C(CC(=O)c1ccc2cc3ccccc3cc2c1)c1ccccc1. The van der Waals surface area contributed by atoms with Crippen molar-refractivity contribution in [2.24, 2.45) is 0 Å². The summed E-state index contributed by atoms with van der Waals surface area (Å²) >= 11 is 0. The van der Waals surface area contributed by atoms with Gasteiger partial charge in [0.1, 0.15) is 0 Å². The molecule has 137 valence electrons. The molecule has 4 aromatic carbocycles. The lowest BCUT2D eigenvalue weighted by Gasteiger charge is -2.06. The number of Topliss-reactive ketones (excluding diaryl/α,β-unsaturated/α-hetero) is 2. The van der Waals surface area contributed by atoms with Gasteiger partial charge in [0.05, 0.1) is 6.42 Å². The molecule has 5 heteroatoms. The number of halogens is 2. The number of ketones is 2. The van der Waals surface area contributed by atoms with Crippen molar-refractivity contribution in [1.82, 2.24) is 0 Å². The Morgan fingerprint density at radius 3 is 1.75 bits per heavy atom. The molecule has 0 unspecified atom stereocenters. The summed E-state index contributed by atoms with van der Waals surface area (Å²) in [5.41, 5.74) is 1.15. The average Bonchev–Trinajstić information content (AvgIpc) is 2.73. The molecule has 0 aliphatic carbocycles. The van der Waals surface area contributed by atoms with Gasteiger partial charge in [-0.2, -0.15) is 0 Å². The van der Waals surface area contributed by atoms with Crippen LogP contribution in [0.5, 0.6) is 0 Å². The monoisotopic (exact) mass is 373 g/mol. The van der Waals surface area contributed by atoms with E-state index in [1.165, 1.54) is 5.39 Å². The molecule has 0 saturated carbocycles. The summed E-state index contributed by atoms with van der Waals surface area (Å²) in [5.74, 6) is -0.298. The molecule has 0 aliphatic heterocycles. The van der Waals surface area contributed by atoms with Crippen molar-refractivity contribution in [3.8, 4) is 0 Å². The zero-order chi connectivity index (χ0) is 19.9. The predicted molar refractivity (Wildman–Crippen MR) is 109 cm³/mol. The van der Waals surface area contributed by atoms with Crippen molar-refractivity contribution in [3.05, 3.63) is 96.1 Å². The summed E-state index contributed by atoms with van der Waals surface area (Å²) in [4.78, 5) is 24.8. The second kappa shape index (κ2) is 9.04. The van der Waals surface area contributed by atoms with Gasteiger partial charge in [0.25, 0.3) is 0 Å². The van der Waals surface area contributed by atoms with E-state index >= 15 is 0 Å². The minimum absolute atomic E-state index is 0.108. The van der Waals surface area contributed by atoms with E-state index in [0.717, 1.165) is 16.2 Å². The van der Waals surface area contributed by atoms with E-state index in [1.54, 1.807) is 30.3 Å². The summed E-state index contributed by atoms with van der Waals surface area (Å²) in [6.45, 7) is 0. The van der Waals surface area contributed by atoms with Crippen LogP contribution in [0.4, 0.5) is 8.63 Å².